The van der Waals surface area contributed by atoms with E-state index in [1.54, 1.807) is 12.4 Å². The summed E-state index contributed by atoms with van der Waals surface area (Å²) in [6, 6.07) is 18.7. The standard InChI is InChI=1S/C24H24N4O/c1-17-22-15-20(12-13-23(22)28(2)27-17)19-10-8-18(9-11-19)5-3-7-24(29)26-21-6-4-14-25-16-21/h4,6,8-16H,3,5,7H2,1-2H3,(H,26,29). The van der Waals surface area contributed by atoms with Crippen LogP contribution in [0.25, 0.3) is 22.0 Å². The molecule has 29 heavy (non-hydrogen) atoms. The molecule has 2 aromatic carbocycles. The number of hydrogen-bond acceptors (Lipinski definition) is 3. The Kier molecular flexibility index (Phi) is 5.38. The van der Waals surface area contributed by atoms with E-state index in [4.69, 9.17) is 0 Å². The number of aromatic nitrogens is 3. The van der Waals surface area contributed by atoms with Gasteiger partial charge in [-0.05, 0) is 60.7 Å². The van der Waals surface area contributed by atoms with Gasteiger partial charge in [-0.25, -0.2) is 0 Å². The normalized spacial score (nSPS) is 11.0. The maximum absolute atomic E-state index is 12.0. The van der Waals surface area contributed by atoms with E-state index in [9.17, 15) is 4.79 Å². The molecule has 5 heteroatoms. The minimum Gasteiger partial charge on any atom is -0.325 e. The van der Waals surface area contributed by atoms with Crippen molar-refractivity contribution in [2.24, 2.45) is 7.05 Å². The Balaban J connectivity index is 1.36. The van der Waals surface area contributed by atoms with Crippen molar-refractivity contribution in [2.45, 2.75) is 26.2 Å². The summed E-state index contributed by atoms with van der Waals surface area (Å²) in [5.74, 6) is 0.0229. The molecule has 0 saturated carbocycles. The summed E-state index contributed by atoms with van der Waals surface area (Å²) in [4.78, 5) is 16.0. The maximum Gasteiger partial charge on any atom is 0.224 e. The summed E-state index contributed by atoms with van der Waals surface area (Å²) in [5.41, 5.74) is 6.55. The second kappa shape index (κ2) is 8.27. The zero-order chi connectivity index (χ0) is 20.2. The van der Waals surface area contributed by atoms with Crippen molar-refractivity contribution in [3.05, 3.63) is 78.2 Å². The molecule has 2 heterocycles. The van der Waals surface area contributed by atoms with Crippen molar-refractivity contribution in [3.63, 3.8) is 0 Å². The summed E-state index contributed by atoms with van der Waals surface area (Å²) >= 11 is 0. The summed E-state index contributed by atoms with van der Waals surface area (Å²) in [5, 5.41) is 8.55. The van der Waals surface area contributed by atoms with Crippen LogP contribution in [0.4, 0.5) is 5.69 Å². The number of hydrogen-bond donors (Lipinski definition) is 1. The number of amides is 1. The van der Waals surface area contributed by atoms with Crippen LogP contribution >= 0.6 is 0 Å². The minimum absolute atomic E-state index is 0.0229. The van der Waals surface area contributed by atoms with Gasteiger partial charge in [-0.1, -0.05) is 30.3 Å². The quantitative estimate of drug-likeness (QED) is 0.514. The van der Waals surface area contributed by atoms with E-state index in [2.05, 4.69) is 57.9 Å². The summed E-state index contributed by atoms with van der Waals surface area (Å²) < 4.78 is 1.92. The van der Waals surface area contributed by atoms with Crippen LogP contribution in [-0.2, 0) is 18.3 Å². The van der Waals surface area contributed by atoms with Crippen molar-refractivity contribution in [3.8, 4) is 11.1 Å². The zero-order valence-corrected chi connectivity index (χ0v) is 16.7. The Bertz CT molecular complexity index is 1130. The fourth-order valence-electron chi connectivity index (χ4n) is 3.60. The molecule has 0 spiro atoms. The van der Waals surface area contributed by atoms with Crippen LogP contribution in [0.5, 0.6) is 0 Å². The number of fused-ring (bicyclic) bond motifs is 1. The molecule has 0 unspecified atom stereocenters. The van der Waals surface area contributed by atoms with Crippen LogP contribution in [-0.4, -0.2) is 20.7 Å². The fourth-order valence-corrected chi connectivity index (χ4v) is 3.60. The van der Waals surface area contributed by atoms with Gasteiger partial charge in [0.1, 0.15) is 0 Å². The molecule has 0 bridgehead atoms. The zero-order valence-electron chi connectivity index (χ0n) is 16.7. The van der Waals surface area contributed by atoms with Crippen LogP contribution in [0.1, 0.15) is 24.1 Å². The summed E-state index contributed by atoms with van der Waals surface area (Å²) in [6.45, 7) is 2.04. The molecule has 0 saturated heterocycles. The number of aryl methyl sites for hydroxylation is 3. The molecule has 0 atom stereocenters. The monoisotopic (exact) mass is 384 g/mol. The molecule has 4 rings (SSSR count). The molecule has 0 aliphatic carbocycles. The molecule has 2 aromatic heterocycles. The van der Waals surface area contributed by atoms with Gasteiger partial charge in [-0.15, -0.1) is 0 Å². The first-order chi connectivity index (χ1) is 14.1. The highest BCUT2D eigenvalue weighted by Crippen LogP contribution is 2.26. The number of nitrogens with zero attached hydrogens (tertiary/aromatic N) is 3. The highest BCUT2D eigenvalue weighted by molar-refractivity contribution is 5.90. The lowest BCUT2D eigenvalue weighted by atomic mass is 10.00. The van der Waals surface area contributed by atoms with Crippen molar-refractivity contribution in [2.75, 3.05) is 5.32 Å². The lowest BCUT2D eigenvalue weighted by Crippen LogP contribution is -2.11. The topological polar surface area (TPSA) is 59.8 Å². The van der Waals surface area contributed by atoms with Crippen LogP contribution in [0.15, 0.2) is 67.0 Å². The molecule has 0 fully saturated rings. The van der Waals surface area contributed by atoms with Crippen molar-refractivity contribution >= 4 is 22.5 Å². The van der Waals surface area contributed by atoms with E-state index in [-0.39, 0.29) is 5.91 Å². The van der Waals surface area contributed by atoms with Gasteiger partial charge in [0.15, 0.2) is 0 Å². The number of pyridine rings is 1. The van der Waals surface area contributed by atoms with Gasteiger partial charge < -0.3 is 5.32 Å². The average Bonchev–Trinajstić information content (AvgIpc) is 3.02. The molecule has 146 valence electrons. The van der Waals surface area contributed by atoms with Gasteiger partial charge in [0.2, 0.25) is 5.91 Å². The van der Waals surface area contributed by atoms with Gasteiger partial charge in [-0.3, -0.25) is 14.5 Å². The molecule has 0 aliphatic rings. The predicted octanol–water partition coefficient (Wildman–Crippen LogP) is 4.91. The number of carbonyl (C=O) groups is 1. The van der Waals surface area contributed by atoms with Gasteiger partial charge in [0.05, 0.1) is 23.1 Å². The van der Waals surface area contributed by atoms with E-state index in [1.165, 1.54) is 22.1 Å². The Hall–Kier alpha value is -3.47. The lowest BCUT2D eigenvalue weighted by Gasteiger charge is -2.07. The van der Waals surface area contributed by atoms with Crippen LogP contribution in [0.2, 0.25) is 0 Å². The molecule has 4 aromatic rings. The van der Waals surface area contributed by atoms with Gasteiger partial charge in [0.25, 0.3) is 0 Å². The largest absolute Gasteiger partial charge is 0.325 e. The average molecular weight is 384 g/mol. The van der Waals surface area contributed by atoms with Crippen LogP contribution < -0.4 is 5.32 Å². The Labute approximate surface area is 170 Å². The number of nitrogens with one attached hydrogen (secondary N) is 1. The van der Waals surface area contributed by atoms with Crippen LogP contribution in [0.3, 0.4) is 0 Å². The SMILES string of the molecule is Cc1nn(C)c2ccc(-c3ccc(CCCC(=O)Nc4cccnc4)cc3)cc12. The van der Waals surface area contributed by atoms with Gasteiger partial charge in [0, 0.05) is 25.1 Å². The minimum atomic E-state index is 0.0229. The van der Waals surface area contributed by atoms with E-state index >= 15 is 0 Å². The molecular formula is C24H24N4O. The second-order valence-corrected chi connectivity index (χ2v) is 7.28. The smallest absolute Gasteiger partial charge is 0.224 e. The number of carbonyl (C=O) groups excluding carboxylic acids is 1. The van der Waals surface area contributed by atoms with E-state index in [1.807, 2.05) is 30.8 Å². The lowest BCUT2D eigenvalue weighted by molar-refractivity contribution is -0.116. The number of rotatable bonds is 6. The summed E-state index contributed by atoms with van der Waals surface area (Å²) in [6.07, 6.45) is 5.53. The Morgan fingerprint density at radius 3 is 2.62 bits per heavy atom. The first-order valence-corrected chi connectivity index (χ1v) is 9.83. The third kappa shape index (κ3) is 4.35. The fraction of sp³-hybridized carbons (Fsp3) is 0.208. The first kappa shape index (κ1) is 18.9. The highest BCUT2D eigenvalue weighted by Gasteiger charge is 2.07. The molecule has 1 amide bonds. The van der Waals surface area contributed by atoms with Crippen molar-refractivity contribution in [1.29, 1.82) is 0 Å². The van der Waals surface area contributed by atoms with E-state index < -0.39 is 0 Å². The molecular weight excluding hydrogens is 360 g/mol. The van der Waals surface area contributed by atoms with E-state index in [0.29, 0.717) is 6.42 Å². The Morgan fingerprint density at radius 1 is 1.07 bits per heavy atom. The summed E-state index contributed by atoms with van der Waals surface area (Å²) in [7, 11) is 1.97. The van der Waals surface area contributed by atoms with Crippen molar-refractivity contribution in [1.82, 2.24) is 14.8 Å². The van der Waals surface area contributed by atoms with Crippen LogP contribution in [0, 0.1) is 6.92 Å². The first-order valence-electron chi connectivity index (χ1n) is 9.83. The predicted molar refractivity (Wildman–Crippen MR) is 117 cm³/mol. The second-order valence-electron chi connectivity index (χ2n) is 7.28. The molecule has 5 nitrogen and oxygen atoms in total. The molecule has 0 radical (unpaired) electrons. The van der Waals surface area contributed by atoms with Gasteiger partial charge >= 0.3 is 0 Å². The van der Waals surface area contributed by atoms with Gasteiger partial charge in [-0.2, -0.15) is 5.10 Å². The molecule has 0 aliphatic heterocycles. The number of benzene rings is 2. The highest BCUT2D eigenvalue weighted by atomic mass is 16.1. The molecule has 1 N–H and O–H groups in total. The van der Waals surface area contributed by atoms with E-state index in [0.717, 1.165) is 29.7 Å². The van der Waals surface area contributed by atoms with Crippen molar-refractivity contribution < 1.29 is 4.79 Å². The Morgan fingerprint density at radius 2 is 1.86 bits per heavy atom. The number of anilines is 1. The third-order valence-corrected chi connectivity index (χ3v) is 5.14. The third-order valence-electron chi connectivity index (χ3n) is 5.14. The maximum atomic E-state index is 12.0.